The van der Waals surface area contributed by atoms with Crippen LogP contribution in [0.4, 0.5) is 0 Å². The first-order valence-electron chi connectivity index (χ1n) is 4.06. The molecule has 1 aromatic carbocycles. The maximum Gasteiger partial charge on any atom is 0.168 e. The van der Waals surface area contributed by atoms with E-state index in [0.717, 1.165) is 0 Å². The Hall–Kier alpha value is -1.35. The van der Waals surface area contributed by atoms with Gasteiger partial charge in [0.1, 0.15) is 5.75 Å². The number of ether oxygens (including phenoxy) is 1. The summed E-state index contributed by atoms with van der Waals surface area (Å²) in [6, 6.07) is 6.99. The van der Waals surface area contributed by atoms with Crippen LogP contribution < -0.4 is 4.74 Å². The Kier molecular flexibility index (Phi) is 3.46. The molecule has 0 heterocycles. The molecule has 1 aromatic rings. The molecule has 0 amide bonds. The Labute approximate surface area is 77.0 Å². The van der Waals surface area contributed by atoms with E-state index in [0.29, 0.717) is 11.3 Å². The first-order valence-corrected chi connectivity index (χ1v) is 4.06. The first-order chi connectivity index (χ1) is 6.29. The highest BCUT2D eigenvalue weighted by atomic mass is 16.5. The van der Waals surface area contributed by atoms with Gasteiger partial charge in [0.05, 0.1) is 19.3 Å². The third-order valence-corrected chi connectivity index (χ3v) is 1.75. The number of aliphatic hydroxyl groups is 1. The summed E-state index contributed by atoms with van der Waals surface area (Å²) in [6.07, 6.45) is 0.139. The molecule has 0 atom stereocenters. The quantitative estimate of drug-likeness (QED) is 0.709. The number of aliphatic hydroxyl groups excluding tert-OH is 1. The van der Waals surface area contributed by atoms with Crippen molar-refractivity contribution in [1.82, 2.24) is 0 Å². The molecule has 0 unspecified atom stereocenters. The second kappa shape index (κ2) is 4.62. The monoisotopic (exact) mass is 180 g/mol. The Morgan fingerprint density at radius 2 is 2.15 bits per heavy atom. The van der Waals surface area contributed by atoms with E-state index in [1.165, 1.54) is 7.11 Å². The topological polar surface area (TPSA) is 46.5 Å². The molecule has 0 radical (unpaired) electrons. The lowest BCUT2D eigenvalue weighted by Crippen LogP contribution is -2.03. The minimum atomic E-state index is -0.128. The number of hydrogen-bond acceptors (Lipinski definition) is 3. The van der Waals surface area contributed by atoms with Crippen LogP contribution in [0, 0.1) is 0 Å². The number of carbonyl (C=O) groups is 1. The van der Waals surface area contributed by atoms with Gasteiger partial charge < -0.3 is 9.84 Å². The summed E-state index contributed by atoms with van der Waals surface area (Å²) in [5, 5.41) is 8.60. The first kappa shape index (κ1) is 9.74. The summed E-state index contributed by atoms with van der Waals surface area (Å²) >= 11 is 0. The number of para-hydroxylation sites is 1. The highest BCUT2D eigenvalue weighted by Crippen LogP contribution is 2.18. The molecule has 1 N–H and O–H groups in total. The Bertz CT molecular complexity index is 294. The summed E-state index contributed by atoms with van der Waals surface area (Å²) in [4.78, 5) is 11.4. The van der Waals surface area contributed by atoms with Gasteiger partial charge in [-0.3, -0.25) is 4.79 Å². The highest BCUT2D eigenvalue weighted by molar-refractivity contribution is 5.98. The number of carbonyl (C=O) groups excluding carboxylic acids is 1. The average molecular weight is 180 g/mol. The normalized spacial score (nSPS) is 9.69. The van der Waals surface area contributed by atoms with E-state index in [9.17, 15) is 4.79 Å². The number of benzene rings is 1. The molecular weight excluding hydrogens is 168 g/mol. The molecule has 3 heteroatoms. The van der Waals surface area contributed by atoms with E-state index in [4.69, 9.17) is 9.84 Å². The molecule has 0 fully saturated rings. The molecule has 0 aliphatic heterocycles. The number of rotatable bonds is 4. The second-order valence-corrected chi connectivity index (χ2v) is 2.60. The molecule has 0 aromatic heterocycles. The van der Waals surface area contributed by atoms with E-state index < -0.39 is 0 Å². The third kappa shape index (κ3) is 2.29. The van der Waals surface area contributed by atoms with Crippen molar-refractivity contribution in [2.24, 2.45) is 0 Å². The van der Waals surface area contributed by atoms with Gasteiger partial charge in [-0.2, -0.15) is 0 Å². The smallest absolute Gasteiger partial charge is 0.168 e. The minimum Gasteiger partial charge on any atom is -0.496 e. The van der Waals surface area contributed by atoms with E-state index in [-0.39, 0.29) is 18.8 Å². The molecular formula is C10H12O3. The molecule has 0 saturated heterocycles. The van der Waals surface area contributed by atoms with Gasteiger partial charge in [-0.15, -0.1) is 0 Å². The van der Waals surface area contributed by atoms with Crippen molar-refractivity contribution in [1.29, 1.82) is 0 Å². The van der Waals surface area contributed by atoms with Crippen molar-refractivity contribution in [3.05, 3.63) is 29.8 Å². The van der Waals surface area contributed by atoms with Crippen molar-refractivity contribution in [3.63, 3.8) is 0 Å². The molecule has 70 valence electrons. The predicted molar refractivity (Wildman–Crippen MR) is 49.0 cm³/mol. The van der Waals surface area contributed by atoms with Crippen LogP contribution in [0.1, 0.15) is 16.8 Å². The van der Waals surface area contributed by atoms with Crippen LogP contribution in [0.15, 0.2) is 24.3 Å². The van der Waals surface area contributed by atoms with E-state index in [1.807, 2.05) is 0 Å². The summed E-state index contributed by atoms with van der Waals surface area (Å²) in [6.45, 7) is -0.128. The minimum absolute atomic E-state index is 0.0973. The highest BCUT2D eigenvalue weighted by Gasteiger charge is 2.09. The SMILES string of the molecule is COc1ccccc1C(=O)CCO. The number of methoxy groups -OCH3 is 1. The molecule has 0 saturated carbocycles. The van der Waals surface area contributed by atoms with Gasteiger partial charge >= 0.3 is 0 Å². The Morgan fingerprint density at radius 1 is 1.46 bits per heavy atom. The number of hydrogen-bond donors (Lipinski definition) is 1. The number of Topliss-reactive ketones (excluding diaryl/α,β-unsaturated/α-hetero) is 1. The standard InChI is InChI=1S/C10H12O3/c1-13-10-5-3-2-4-8(10)9(12)6-7-11/h2-5,11H,6-7H2,1H3. The third-order valence-electron chi connectivity index (χ3n) is 1.75. The van der Waals surface area contributed by atoms with Gasteiger partial charge in [0.15, 0.2) is 5.78 Å². The van der Waals surface area contributed by atoms with Crippen LogP contribution in [-0.4, -0.2) is 24.6 Å². The Morgan fingerprint density at radius 3 is 2.77 bits per heavy atom. The maximum absolute atomic E-state index is 11.4. The molecule has 0 bridgehead atoms. The maximum atomic E-state index is 11.4. The van der Waals surface area contributed by atoms with E-state index in [1.54, 1.807) is 24.3 Å². The van der Waals surface area contributed by atoms with Gasteiger partial charge in [0, 0.05) is 6.42 Å². The summed E-state index contributed by atoms with van der Waals surface area (Å²) < 4.78 is 5.01. The lowest BCUT2D eigenvalue weighted by Gasteiger charge is -2.05. The Balaban J connectivity index is 2.92. The van der Waals surface area contributed by atoms with Gasteiger partial charge in [0.2, 0.25) is 0 Å². The molecule has 3 nitrogen and oxygen atoms in total. The zero-order valence-corrected chi connectivity index (χ0v) is 7.49. The molecule has 0 aliphatic rings. The van der Waals surface area contributed by atoms with Gasteiger partial charge in [-0.1, -0.05) is 12.1 Å². The lowest BCUT2D eigenvalue weighted by atomic mass is 10.1. The van der Waals surface area contributed by atoms with E-state index in [2.05, 4.69) is 0 Å². The fourth-order valence-corrected chi connectivity index (χ4v) is 1.11. The van der Waals surface area contributed by atoms with Crippen molar-refractivity contribution in [2.45, 2.75) is 6.42 Å². The average Bonchev–Trinajstić information content (AvgIpc) is 2.18. The van der Waals surface area contributed by atoms with Crippen LogP contribution in [0.3, 0.4) is 0 Å². The summed E-state index contributed by atoms with van der Waals surface area (Å²) in [5.41, 5.74) is 0.527. The van der Waals surface area contributed by atoms with Crippen molar-refractivity contribution in [2.75, 3.05) is 13.7 Å². The largest absolute Gasteiger partial charge is 0.496 e. The molecule has 0 aliphatic carbocycles. The van der Waals surface area contributed by atoms with Crippen molar-refractivity contribution < 1.29 is 14.6 Å². The fraction of sp³-hybridized carbons (Fsp3) is 0.300. The summed E-state index contributed by atoms with van der Waals surface area (Å²) in [5.74, 6) is 0.459. The zero-order chi connectivity index (χ0) is 9.68. The lowest BCUT2D eigenvalue weighted by molar-refractivity contribution is 0.0953. The van der Waals surface area contributed by atoms with Crippen molar-refractivity contribution >= 4 is 5.78 Å². The van der Waals surface area contributed by atoms with E-state index >= 15 is 0 Å². The van der Waals surface area contributed by atoms with Crippen LogP contribution in [0.25, 0.3) is 0 Å². The number of ketones is 1. The summed E-state index contributed by atoms with van der Waals surface area (Å²) in [7, 11) is 1.52. The van der Waals surface area contributed by atoms with Gasteiger partial charge in [0.25, 0.3) is 0 Å². The van der Waals surface area contributed by atoms with Gasteiger partial charge in [-0.25, -0.2) is 0 Å². The van der Waals surface area contributed by atoms with Crippen LogP contribution in [0.2, 0.25) is 0 Å². The fourth-order valence-electron chi connectivity index (χ4n) is 1.11. The predicted octanol–water partition coefficient (Wildman–Crippen LogP) is 1.26. The molecule has 1 rings (SSSR count). The van der Waals surface area contributed by atoms with Gasteiger partial charge in [-0.05, 0) is 12.1 Å². The zero-order valence-electron chi connectivity index (χ0n) is 7.49. The van der Waals surface area contributed by atoms with Crippen LogP contribution in [0.5, 0.6) is 5.75 Å². The van der Waals surface area contributed by atoms with Crippen LogP contribution in [-0.2, 0) is 0 Å². The van der Waals surface area contributed by atoms with Crippen LogP contribution >= 0.6 is 0 Å². The molecule has 0 spiro atoms. The second-order valence-electron chi connectivity index (χ2n) is 2.60. The molecule has 13 heavy (non-hydrogen) atoms. The van der Waals surface area contributed by atoms with Crippen molar-refractivity contribution in [3.8, 4) is 5.75 Å².